The number of ether oxygens (including phenoxy) is 1. The largest absolute Gasteiger partial charge is 0.479 e. The first-order valence-corrected chi connectivity index (χ1v) is 6.29. The second-order valence-corrected chi connectivity index (χ2v) is 4.38. The van der Waals surface area contributed by atoms with Crippen LogP contribution in [0.4, 0.5) is 0 Å². The lowest BCUT2D eigenvalue weighted by Gasteiger charge is -2.25. The van der Waals surface area contributed by atoms with E-state index in [-0.39, 0.29) is 0 Å². The fraction of sp³-hybridized carbons (Fsp3) is 0.417. The molecular weight excluding hydrogens is 224 g/mol. The van der Waals surface area contributed by atoms with Gasteiger partial charge in [0.25, 0.3) is 0 Å². The highest BCUT2D eigenvalue weighted by Crippen LogP contribution is 2.27. The first-order chi connectivity index (χ1) is 7.54. The zero-order valence-electron chi connectivity index (χ0n) is 9.69. The summed E-state index contributed by atoms with van der Waals surface area (Å²) in [5.74, 6) is -0.966. The molecule has 0 saturated carbocycles. The van der Waals surface area contributed by atoms with Gasteiger partial charge in [0.2, 0.25) is 0 Å². The summed E-state index contributed by atoms with van der Waals surface area (Å²) in [6, 6.07) is 7.41. The highest BCUT2D eigenvalue weighted by atomic mass is 32.2. The van der Waals surface area contributed by atoms with E-state index >= 15 is 0 Å². The summed E-state index contributed by atoms with van der Waals surface area (Å²) in [6.45, 7) is 3.73. The van der Waals surface area contributed by atoms with Gasteiger partial charge in [0, 0.05) is 11.5 Å². The molecule has 0 spiro atoms. The van der Waals surface area contributed by atoms with Crippen molar-refractivity contribution >= 4 is 17.7 Å². The van der Waals surface area contributed by atoms with Gasteiger partial charge < -0.3 is 9.84 Å². The first-order valence-electron chi connectivity index (χ1n) is 5.06. The number of aliphatic carboxylic acids is 1. The van der Waals surface area contributed by atoms with Crippen LogP contribution in [0.25, 0.3) is 0 Å². The van der Waals surface area contributed by atoms with Crippen LogP contribution in [0, 0.1) is 0 Å². The molecule has 0 aliphatic rings. The monoisotopic (exact) mass is 240 g/mol. The molecule has 0 aliphatic carbocycles. The van der Waals surface area contributed by atoms with Crippen LogP contribution < -0.4 is 0 Å². The third-order valence-electron chi connectivity index (χ3n) is 2.48. The van der Waals surface area contributed by atoms with Crippen molar-refractivity contribution in [3.63, 3.8) is 0 Å². The van der Waals surface area contributed by atoms with E-state index in [1.54, 1.807) is 37.7 Å². The Morgan fingerprint density at radius 3 is 2.38 bits per heavy atom. The SMILES string of the molecule is CCOC(C)(C(=O)O)c1ccc(SC)cc1. The van der Waals surface area contributed by atoms with Crippen LogP contribution in [0.15, 0.2) is 29.2 Å². The van der Waals surface area contributed by atoms with Gasteiger partial charge in [-0.1, -0.05) is 12.1 Å². The minimum Gasteiger partial charge on any atom is -0.479 e. The maximum atomic E-state index is 11.2. The third-order valence-corrected chi connectivity index (χ3v) is 3.23. The lowest BCUT2D eigenvalue weighted by molar-refractivity contribution is -0.164. The van der Waals surface area contributed by atoms with Crippen LogP contribution in [0.1, 0.15) is 19.4 Å². The molecular formula is C12H16O3S. The highest BCUT2D eigenvalue weighted by Gasteiger charge is 2.35. The number of thioether (sulfide) groups is 1. The number of rotatable bonds is 5. The Kier molecular flexibility index (Phi) is 4.38. The van der Waals surface area contributed by atoms with Gasteiger partial charge in [-0.2, -0.15) is 0 Å². The van der Waals surface area contributed by atoms with E-state index in [0.717, 1.165) is 4.90 Å². The van der Waals surface area contributed by atoms with Crippen LogP contribution in [-0.2, 0) is 15.1 Å². The Bertz CT molecular complexity index is 361. The van der Waals surface area contributed by atoms with E-state index in [4.69, 9.17) is 4.74 Å². The number of carboxylic acid groups (broad SMARTS) is 1. The number of benzene rings is 1. The average molecular weight is 240 g/mol. The summed E-state index contributed by atoms with van der Waals surface area (Å²) in [4.78, 5) is 12.3. The number of carbonyl (C=O) groups is 1. The lowest BCUT2D eigenvalue weighted by Crippen LogP contribution is -2.35. The van der Waals surface area contributed by atoms with Gasteiger partial charge in [-0.05, 0) is 37.8 Å². The molecule has 3 nitrogen and oxygen atoms in total. The maximum absolute atomic E-state index is 11.2. The topological polar surface area (TPSA) is 46.5 Å². The van der Waals surface area contributed by atoms with Gasteiger partial charge in [0.1, 0.15) is 0 Å². The second-order valence-electron chi connectivity index (χ2n) is 3.50. The third kappa shape index (κ3) is 2.57. The van der Waals surface area contributed by atoms with Crippen molar-refractivity contribution in [1.82, 2.24) is 0 Å². The summed E-state index contributed by atoms with van der Waals surface area (Å²) in [5.41, 5.74) is -0.592. The first kappa shape index (κ1) is 13.1. The van der Waals surface area contributed by atoms with Crippen molar-refractivity contribution in [2.24, 2.45) is 0 Å². The number of hydrogen-bond acceptors (Lipinski definition) is 3. The predicted molar refractivity (Wildman–Crippen MR) is 64.8 cm³/mol. The molecule has 0 radical (unpaired) electrons. The van der Waals surface area contributed by atoms with Gasteiger partial charge in [-0.3, -0.25) is 0 Å². The molecule has 1 aromatic carbocycles. The van der Waals surface area contributed by atoms with Gasteiger partial charge in [0.15, 0.2) is 5.60 Å². The predicted octanol–water partition coefficient (Wildman–Crippen LogP) is 2.74. The van der Waals surface area contributed by atoms with Crippen molar-refractivity contribution in [2.75, 3.05) is 12.9 Å². The minimum absolute atomic E-state index is 0.368. The Morgan fingerprint density at radius 2 is 2.00 bits per heavy atom. The minimum atomic E-state index is -1.26. The Hall–Kier alpha value is -1.00. The highest BCUT2D eigenvalue weighted by molar-refractivity contribution is 7.98. The Labute approximate surface area is 99.8 Å². The van der Waals surface area contributed by atoms with E-state index in [2.05, 4.69) is 0 Å². The summed E-state index contributed by atoms with van der Waals surface area (Å²) in [7, 11) is 0. The molecule has 0 saturated heterocycles. The summed E-state index contributed by atoms with van der Waals surface area (Å²) >= 11 is 1.62. The molecule has 0 fully saturated rings. The van der Waals surface area contributed by atoms with Gasteiger partial charge >= 0.3 is 5.97 Å². The molecule has 0 aliphatic heterocycles. The molecule has 1 N–H and O–H groups in total. The van der Waals surface area contributed by atoms with Gasteiger partial charge in [-0.25, -0.2) is 4.79 Å². The molecule has 4 heteroatoms. The van der Waals surface area contributed by atoms with E-state index in [1.807, 2.05) is 18.4 Å². The fourth-order valence-corrected chi connectivity index (χ4v) is 1.87. The zero-order valence-corrected chi connectivity index (χ0v) is 10.5. The second kappa shape index (κ2) is 5.37. The quantitative estimate of drug-likeness (QED) is 0.804. The molecule has 1 unspecified atom stereocenters. The van der Waals surface area contributed by atoms with E-state index in [1.165, 1.54) is 0 Å². The molecule has 1 rings (SSSR count). The van der Waals surface area contributed by atoms with Crippen molar-refractivity contribution < 1.29 is 14.6 Å². The molecule has 16 heavy (non-hydrogen) atoms. The van der Waals surface area contributed by atoms with Crippen molar-refractivity contribution in [3.05, 3.63) is 29.8 Å². The van der Waals surface area contributed by atoms with E-state index in [9.17, 15) is 9.90 Å². The lowest BCUT2D eigenvalue weighted by atomic mass is 9.96. The summed E-state index contributed by atoms with van der Waals surface area (Å²) < 4.78 is 5.34. The summed E-state index contributed by atoms with van der Waals surface area (Å²) in [5, 5.41) is 9.21. The molecule has 0 bridgehead atoms. The Morgan fingerprint density at radius 1 is 1.44 bits per heavy atom. The number of carboxylic acids is 1. The normalized spacial score (nSPS) is 14.4. The van der Waals surface area contributed by atoms with Crippen molar-refractivity contribution in [1.29, 1.82) is 0 Å². The van der Waals surface area contributed by atoms with Gasteiger partial charge in [-0.15, -0.1) is 11.8 Å². The molecule has 0 aromatic heterocycles. The van der Waals surface area contributed by atoms with Crippen molar-refractivity contribution in [3.8, 4) is 0 Å². The van der Waals surface area contributed by atoms with E-state index < -0.39 is 11.6 Å². The molecule has 1 atom stereocenters. The van der Waals surface area contributed by atoms with E-state index in [0.29, 0.717) is 12.2 Å². The molecule has 0 amide bonds. The van der Waals surface area contributed by atoms with Crippen LogP contribution >= 0.6 is 11.8 Å². The average Bonchev–Trinajstić information content (AvgIpc) is 2.29. The molecule has 88 valence electrons. The van der Waals surface area contributed by atoms with Crippen LogP contribution in [0.2, 0.25) is 0 Å². The smallest absolute Gasteiger partial charge is 0.340 e. The van der Waals surface area contributed by atoms with Crippen LogP contribution in [0.3, 0.4) is 0 Å². The maximum Gasteiger partial charge on any atom is 0.340 e. The summed E-state index contributed by atoms with van der Waals surface area (Å²) in [6.07, 6.45) is 1.98. The van der Waals surface area contributed by atoms with Gasteiger partial charge in [0.05, 0.1) is 0 Å². The zero-order chi connectivity index (χ0) is 12.2. The Balaban J connectivity index is 3.06. The van der Waals surface area contributed by atoms with Crippen LogP contribution in [-0.4, -0.2) is 23.9 Å². The number of hydrogen-bond donors (Lipinski definition) is 1. The van der Waals surface area contributed by atoms with Crippen LogP contribution in [0.5, 0.6) is 0 Å². The molecule has 0 heterocycles. The van der Waals surface area contributed by atoms with Crippen molar-refractivity contribution in [2.45, 2.75) is 24.3 Å². The molecule has 1 aromatic rings. The standard InChI is InChI=1S/C12H16O3S/c1-4-15-12(2,11(13)14)9-5-7-10(16-3)8-6-9/h5-8H,4H2,1-3H3,(H,13,14). The fourth-order valence-electron chi connectivity index (χ4n) is 1.47.